The van der Waals surface area contributed by atoms with Crippen LogP contribution in [0.5, 0.6) is 0 Å². The van der Waals surface area contributed by atoms with Crippen molar-refractivity contribution in [2.45, 2.75) is 25.8 Å². The Bertz CT molecular complexity index is 500. The molecule has 1 heterocycles. The average molecular weight is 229 g/mol. The van der Waals surface area contributed by atoms with Crippen molar-refractivity contribution in [2.24, 2.45) is 11.7 Å². The highest BCUT2D eigenvalue weighted by molar-refractivity contribution is 5.54. The van der Waals surface area contributed by atoms with Gasteiger partial charge in [-0.15, -0.1) is 0 Å². The second-order valence-corrected chi connectivity index (χ2v) is 4.56. The van der Waals surface area contributed by atoms with Gasteiger partial charge in [0.15, 0.2) is 0 Å². The lowest BCUT2D eigenvalue weighted by Gasteiger charge is -1.97. The highest BCUT2D eigenvalue weighted by atomic mass is 16.5. The molecule has 2 aromatic rings. The first-order valence-electron chi connectivity index (χ1n) is 5.97. The Kier molecular flexibility index (Phi) is 2.65. The van der Waals surface area contributed by atoms with E-state index in [-0.39, 0.29) is 0 Å². The minimum atomic E-state index is 0.555. The summed E-state index contributed by atoms with van der Waals surface area (Å²) in [7, 11) is 0. The van der Waals surface area contributed by atoms with E-state index in [0.29, 0.717) is 12.4 Å². The molecule has 1 aromatic heterocycles. The molecule has 4 nitrogen and oxygen atoms in total. The van der Waals surface area contributed by atoms with Gasteiger partial charge in [-0.2, -0.15) is 4.98 Å². The molecule has 1 aliphatic rings. The lowest BCUT2D eigenvalue weighted by Crippen LogP contribution is -1.95. The fraction of sp³-hybridized carbons (Fsp3) is 0.385. The van der Waals surface area contributed by atoms with E-state index in [1.165, 1.54) is 12.8 Å². The highest BCUT2D eigenvalue weighted by Gasteiger charge is 2.24. The van der Waals surface area contributed by atoms with Crippen molar-refractivity contribution < 1.29 is 4.52 Å². The normalized spacial score (nSPS) is 15.1. The number of hydrogen-bond donors (Lipinski definition) is 1. The van der Waals surface area contributed by atoms with Crippen LogP contribution in [0.2, 0.25) is 0 Å². The van der Waals surface area contributed by atoms with E-state index in [1.807, 2.05) is 24.3 Å². The summed E-state index contributed by atoms with van der Waals surface area (Å²) in [5, 5.41) is 4.01. The zero-order valence-corrected chi connectivity index (χ0v) is 9.60. The smallest absolute Gasteiger partial charge is 0.227 e. The van der Waals surface area contributed by atoms with Gasteiger partial charge in [-0.05, 0) is 24.3 Å². The Balaban J connectivity index is 1.79. The molecule has 2 N–H and O–H groups in total. The maximum atomic E-state index is 5.55. The van der Waals surface area contributed by atoms with Gasteiger partial charge in [-0.3, -0.25) is 0 Å². The monoisotopic (exact) mass is 229 g/mol. The number of rotatable bonds is 4. The molecule has 0 spiro atoms. The van der Waals surface area contributed by atoms with Gasteiger partial charge in [0, 0.05) is 18.5 Å². The van der Waals surface area contributed by atoms with Gasteiger partial charge in [0.05, 0.1) is 0 Å². The van der Waals surface area contributed by atoms with Crippen LogP contribution in [0.15, 0.2) is 28.8 Å². The third-order valence-electron chi connectivity index (χ3n) is 3.08. The molecule has 0 unspecified atom stereocenters. The minimum absolute atomic E-state index is 0.555. The molecular formula is C13H15N3O. The number of nitrogens with zero attached hydrogens (tertiary/aromatic N) is 2. The molecule has 1 saturated carbocycles. The molecule has 17 heavy (non-hydrogen) atoms. The van der Waals surface area contributed by atoms with Gasteiger partial charge in [-0.1, -0.05) is 29.4 Å². The van der Waals surface area contributed by atoms with E-state index in [9.17, 15) is 0 Å². The molecule has 0 bridgehead atoms. The zero-order valence-electron chi connectivity index (χ0n) is 9.60. The van der Waals surface area contributed by atoms with Crippen LogP contribution in [0, 0.1) is 5.92 Å². The number of benzene rings is 1. The van der Waals surface area contributed by atoms with E-state index >= 15 is 0 Å². The van der Waals surface area contributed by atoms with Crippen LogP contribution in [0.3, 0.4) is 0 Å². The molecule has 0 radical (unpaired) electrons. The Morgan fingerprint density at radius 3 is 2.65 bits per heavy atom. The summed E-state index contributed by atoms with van der Waals surface area (Å²) >= 11 is 0. The Morgan fingerprint density at radius 2 is 2.00 bits per heavy atom. The predicted octanol–water partition coefficient (Wildman–Crippen LogP) is 2.15. The first-order valence-corrected chi connectivity index (χ1v) is 5.97. The summed E-state index contributed by atoms with van der Waals surface area (Å²) < 4.78 is 5.24. The first kappa shape index (κ1) is 10.5. The van der Waals surface area contributed by atoms with Crippen molar-refractivity contribution in [1.82, 2.24) is 10.1 Å². The molecule has 0 saturated heterocycles. The van der Waals surface area contributed by atoms with Crippen LogP contribution in [-0.4, -0.2) is 10.1 Å². The molecule has 0 aliphatic heterocycles. The van der Waals surface area contributed by atoms with E-state index in [2.05, 4.69) is 10.1 Å². The zero-order chi connectivity index (χ0) is 11.7. The first-order chi connectivity index (χ1) is 8.35. The summed E-state index contributed by atoms with van der Waals surface area (Å²) in [4.78, 5) is 4.41. The summed E-state index contributed by atoms with van der Waals surface area (Å²) in [6.07, 6.45) is 3.51. The maximum absolute atomic E-state index is 5.55. The predicted molar refractivity (Wildman–Crippen MR) is 64.1 cm³/mol. The molecule has 0 atom stereocenters. The van der Waals surface area contributed by atoms with Gasteiger partial charge >= 0.3 is 0 Å². The quantitative estimate of drug-likeness (QED) is 0.872. The van der Waals surface area contributed by atoms with Gasteiger partial charge in [0.1, 0.15) is 0 Å². The largest absolute Gasteiger partial charge is 0.339 e. The fourth-order valence-corrected chi connectivity index (χ4v) is 1.81. The van der Waals surface area contributed by atoms with E-state index in [1.54, 1.807) is 0 Å². The average Bonchev–Trinajstić information content (AvgIpc) is 3.06. The van der Waals surface area contributed by atoms with Gasteiger partial charge in [0.2, 0.25) is 11.7 Å². The molecule has 1 fully saturated rings. The van der Waals surface area contributed by atoms with Crippen LogP contribution in [-0.2, 0) is 13.0 Å². The highest BCUT2D eigenvalue weighted by Crippen LogP contribution is 2.32. The van der Waals surface area contributed by atoms with Crippen LogP contribution < -0.4 is 5.73 Å². The molecule has 1 aromatic carbocycles. The third-order valence-corrected chi connectivity index (χ3v) is 3.08. The SMILES string of the molecule is NCc1ccc(-c2noc(CC3CC3)n2)cc1. The topological polar surface area (TPSA) is 64.9 Å². The summed E-state index contributed by atoms with van der Waals surface area (Å²) in [5.41, 5.74) is 7.64. The molecular weight excluding hydrogens is 214 g/mol. The van der Waals surface area contributed by atoms with Crippen LogP contribution >= 0.6 is 0 Å². The molecule has 88 valence electrons. The summed E-state index contributed by atoms with van der Waals surface area (Å²) in [5.74, 6) is 2.19. The van der Waals surface area contributed by atoms with Crippen LogP contribution in [0.1, 0.15) is 24.3 Å². The standard InChI is InChI=1S/C13H15N3O/c14-8-10-3-5-11(6-4-10)13-15-12(17-16-13)7-9-1-2-9/h3-6,9H,1-2,7-8,14H2. The van der Waals surface area contributed by atoms with Crippen molar-refractivity contribution in [3.05, 3.63) is 35.7 Å². The number of nitrogens with two attached hydrogens (primary N) is 1. The molecule has 1 aliphatic carbocycles. The molecule has 4 heteroatoms. The fourth-order valence-electron chi connectivity index (χ4n) is 1.81. The van der Waals surface area contributed by atoms with Gasteiger partial charge in [0.25, 0.3) is 0 Å². The third kappa shape index (κ3) is 2.36. The van der Waals surface area contributed by atoms with Crippen molar-refractivity contribution >= 4 is 0 Å². The van der Waals surface area contributed by atoms with Crippen molar-refractivity contribution in [2.75, 3.05) is 0 Å². The van der Waals surface area contributed by atoms with Crippen LogP contribution in [0.25, 0.3) is 11.4 Å². The van der Waals surface area contributed by atoms with Gasteiger partial charge < -0.3 is 10.3 Å². The summed E-state index contributed by atoms with van der Waals surface area (Å²) in [6, 6.07) is 7.94. The molecule has 0 amide bonds. The second kappa shape index (κ2) is 4.30. The Hall–Kier alpha value is -1.68. The Morgan fingerprint density at radius 1 is 1.24 bits per heavy atom. The van der Waals surface area contributed by atoms with Crippen molar-refractivity contribution in [3.63, 3.8) is 0 Å². The minimum Gasteiger partial charge on any atom is -0.339 e. The Labute approximate surface area is 99.8 Å². The maximum Gasteiger partial charge on any atom is 0.227 e. The lowest BCUT2D eigenvalue weighted by atomic mass is 10.1. The van der Waals surface area contributed by atoms with Crippen molar-refractivity contribution in [1.29, 1.82) is 0 Å². The molecule has 3 rings (SSSR count). The number of hydrogen-bond acceptors (Lipinski definition) is 4. The van der Waals surface area contributed by atoms with E-state index in [4.69, 9.17) is 10.3 Å². The van der Waals surface area contributed by atoms with Crippen LogP contribution in [0.4, 0.5) is 0 Å². The van der Waals surface area contributed by atoms with Crippen molar-refractivity contribution in [3.8, 4) is 11.4 Å². The van der Waals surface area contributed by atoms with Gasteiger partial charge in [-0.25, -0.2) is 0 Å². The van der Waals surface area contributed by atoms with E-state index < -0.39 is 0 Å². The number of aromatic nitrogens is 2. The van der Waals surface area contributed by atoms with E-state index in [0.717, 1.165) is 29.4 Å². The summed E-state index contributed by atoms with van der Waals surface area (Å²) in [6.45, 7) is 0.555. The lowest BCUT2D eigenvalue weighted by molar-refractivity contribution is 0.373. The second-order valence-electron chi connectivity index (χ2n) is 4.56.